The first-order valence-electron chi connectivity index (χ1n) is 7.05. The first kappa shape index (κ1) is 13.3. The Kier molecular flexibility index (Phi) is 3.12. The Labute approximate surface area is 131 Å². The largest absolute Gasteiger partial charge is 0.323 e. The van der Waals surface area contributed by atoms with Gasteiger partial charge in [-0.2, -0.15) is 10.2 Å². The van der Waals surface area contributed by atoms with Crippen molar-refractivity contribution in [1.29, 1.82) is 0 Å². The lowest BCUT2D eigenvalue weighted by Crippen LogP contribution is -2.08. The molecule has 4 rings (SSSR count). The summed E-state index contributed by atoms with van der Waals surface area (Å²) in [6.45, 7) is 0. The van der Waals surface area contributed by atoms with E-state index in [0.29, 0.717) is 5.84 Å². The zero-order valence-electron chi connectivity index (χ0n) is 12.0. The van der Waals surface area contributed by atoms with Gasteiger partial charge in [0.1, 0.15) is 0 Å². The van der Waals surface area contributed by atoms with Gasteiger partial charge >= 0.3 is 0 Å². The zero-order valence-corrected chi connectivity index (χ0v) is 12.0. The third-order valence-corrected chi connectivity index (χ3v) is 3.38. The number of nitrogens with one attached hydrogen (secondary N) is 1. The molecule has 0 unspecified atom stereocenters. The Bertz CT molecular complexity index is 1000. The maximum atomic E-state index is 11.9. The van der Waals surface area contributed by atoms with E-state index >= 15 is 0 Å². The van der Waals surface area contributed by atoms with Gasteiger partial charge in [0.25, 0.3) is 0 Å². The van der Waals surface area contributed by atoms with Crippen LogP contribution in [0.3, 0.4) is 0 Å². The number of carbonyl (C=O) groups is 1. The van der Waals surface area contributed by atoms with Crippen molar-refractivity contribution in [2.45, 2.75) is 0 Å². The molecule has 0 aliphatic carbocycles. The lowest BCUT2D eigenvalue weighted by molar-refractivity contribution is -0.111. The van der Waals surface area contributed by atoms with Crippen LogP contribution in [-0.4, -0.2) is 11.7 Å². The molecular weight excluding hydrogens is 290 g/mol. The molecule has 0 radical (unpaired) electrons. The molecule has 0 saturated carbocycles. The highest BCUT2D eigenvalue weighted by molar-refractivity contribution is 6.06. The van der Waals surface area contributed by atoms with E-state index in [0.717, 1.165) is 27.6 Å². The Hall–Kier alpha value is -3.41. The molecule has 2 heterocycles. The van der Waals surface area contributed by atoms with Crippen LogP contribution in [0.15, 0.2) is 74.8 Å². The number of amides is 1. The van der Waals surface area contributed by atoms with Crippen LogP contribution in [0.4, 0.5) is 17.1 Å². The van der Waals surface area contributed by atoms with Crippen LogP contribution in [0, 0.1) is 0 Å². The van der Waals surface area contributed by atoms with Gasteiger partial charge in [-0.25, -0.2) is 9.98 Å². The molecule has 0 spiro atoms. The van der Waals surface area contributed by atoms with Crippen LogP contribution >= 0.6 is 0 Å². The van der Waals surface area contributed by atoms with Crippen molar-refractivity contribution >= 4 is 35.0 Å². The summed E-state index contributed by atoms with van der Waals surface area (Å²) < 4.78 is 0. The molecule has 2 aromatic carbocycles. The molecule has 2 aliphatic rings. The molecule has 6 heteroatoms. The van der Waals surface area contributed by atoms with E-state index in [-0.39, 0.29) is 5.91 Å². The number of amidine groups is 1. The van der Waals surface area contributed by atoms with Gasteiger partial charge in [-0.15, -0.1) is 0 Å². The maximum Gasteiger partial charge on any atom is 0.248 e. The van der Waals surface area contributed by atoms with Crippen molar-refractivity contribution in [3.8, 4) is 0 Å². The Morgan fingerprint density at radius 3 is 2.78 bits per heavy atom. The third kappa shape index (κ3) is 2.69. The molecule has 0 bridgehead atoms. The Morgan fingerprint density at radius 1 is 1.04 bits per heavy atom. The molecule has 23 heavy (non-hydrogen) atoms. The monoisotopic (exact) mass is 301 g/mol. The van der Waals surface area contributed by atoms with E-state index in [1.165, 1.54) is 6.08 Å². The minimum atomic E-state index is -0.227. The van der Waals surface area contributed by atoms with E-state index in [1.807, 2.05) is 42.5 Å². The van der Waals surface area contributed by atoms with Crippen molar-refractivity contribution in [3.05, 3.63) is 65.2 Å². The van der Waals surface area contributed by atoms with Crippen LogP contribution in [-0.2, 0) is 4.79 Å². The number of benzene rings is 2. The summed E-state index contributed by atoms with van der Waals surface area (Å²) in [5, 5.41) is 12.3. The quantitative estimate of drug-likeness (QED) is 0.868. The van der Waals surface area contributed by atoms with Crippen LogP contribution in [0.5, 0.6) is 0 Å². The summed E-state index contributed by atoms with van der Waals surface area (Å²) in [5.41, 5.74) is 2.29. The lowest BCUT2D eigenvalue weighted by atomic mass is 10.2. The minimum absolute atomic E-state index is 0.227. The van der Waals surface area contributed by atoms with Gasteiger partial charge in [0.2, 0.25) is 5.91 Å². The molecule has 1 amide bonds. The van der Waals surface area contributed by atoms with E-state index in [1.54, 1.807) is 12.3 Å². The zero-order chi connectivity index (χ0) is 15.6. The topological polar surface area (TPSA) is 78.5 Å². The van der Waals surface area contributed by atoms with E-state index < -0.39 is 0 Å². The SMILES string of the molecule is O=C(C=CC1=Nc2cc3c(cc2=N1)N=NC=3)Nc1ccccc1. The molecule has 6 nitrogen and oxygen atoms in total. The summed E-state index contributed by atoms with van der Waals surface area (Å²) in [4.78, 5) is 20.6. The Morgan fingerprint density at radius 2 is 1.91 bits per heavy atom. The molecule has 0 aromatic heterocycles. The molecule has 0 atom stereocenters. The van der Waals surface area contributed by atoms with Gasteiger partial charge in [0.05, 0.1) is 22.9 Å². The van der Waals surface area contributed by atoms with Crippen LogP contribution in [0.1, 0.15) is 0 Å². The molecule has 0 saturated heterocycles. The predicted octanol–water partition coefficient (Wildman–Crippen LogP) is 2.38. The second-order valence-electron chi connectivity index (χ2n) is 5.01. The number of hydrogen-bond acceptors (Lipinski definition) is 5. The fraction of sp³-hybridized carbons (Fsp3) is 0. The van der Waals surface area contributed by atoms with E-state index in [9.17, 15) is 4.79 Å². The van der Waals surface area contributed by atoms with Gasteiger partial charge in [-0.3, -0.25) is 4.79 Å². The summed E-state index contributed by atoms with van der Waals surface area (Å²) in [5.74, 6) is 0.263. The first-order chi connectivity index (χ1) is 11.3. The average molecular weight is 301 g/mol. The number of rotatable bonds is 3. The number of aliphatic imine (C=N–C) groups is 1. The number of hydrogen-bond donors (Lipinski definition) is 1. The maximum absolute atomic E-state index is 11.9. The minimum Gasteiger partial charge on any atom is -0.323 e. The number of para-hydroxylation sites is 1. The second kappa shape index (κ2) is 5.42. The molecule has 1 N–H and O–H groups in total. The number of anilines is 1. The molecule has 2 aromatic rings. The summed E-state index contributed by atoms with van der Waals surface area (Å²) in [6.07, 6.45) is 4.70. The average Bonchev–Trinajstić information content (AvgIpc) is 3.16. The second-order valence-corrected chi connectivity index (χ2v) is 5.01. The fourth-order valence-corrected chi connectivity index (χ4v) is 2.31. The Balaban J connectivity index is 1.51. The fourth-order valence-electron chi connectivity index (χ4n) is 2.31. The smallest absolute Gasteiger partial charge is 0.248 e. The van der Waals surface area contributed by atoms with Gasteiger partial charge in [0.15, 0.2) is 5.84 Å². The van der Waals surface area contributed by atoms with E-state index in [2.05, 4.69) is 25.5 Å². The van der Waals surface area contributed by atoms with Gasteiger partial charge < -0.3 is 5.32 Å². The number of fused-ring (bicyclic) bond motifs is 2. The van der Waals surface area contributed by atoms with Gasteiger partial charge in [-0.1, -0.05) is 18.2 Å². The summed E-state index contributed by atoms with van der Waals surface area (Å²) in [7, 11) is 0. The summed E-state index contributed by atoms with van der Waals surface area (Å²) >= 11 is 0. The first-order valence-corrected chi connectivity index (χ1v) is 7.05. The van der Waals surface area contributed by atoms with Crippen molar-refractivity contribution < 1.29 is 4.79 Å². The van der Waals surface area contributed by atoms with Crippen molar-refractivity contribution in [1.82, 2.24) is 0 Å². The summed E-state index contributed by atoms with van der Waals surface area (Å²) in [6, 6.07) is 13.0. The highest BCUT2D eigenvalue weighted by atomic mass is 16.1. The molecule has 0 fully saturated rings. The third-order valence-electron chi connectivity index (χ3n) is 3.38. The van der Waals surface area contributed by atoms with Crippen molar-refractivity contribution in [2.24, 2.45) is 20.2 Å². The molecule has 110 valence electrons. The lowest BCUT2D eigenvalue weighted by Gasteiger charge is -1.99. The normalized spacial score (nSPS) is 14.0. The molecule has 2 aliphatic heterocycles. The van der Waals surface area contributed by atoms with Gasteiger partial charge in [0, 0.05) is 17.0 Å². The standard InChI is InChI=1S/C17H11N5O/c23-17(19-12-4-2-1-3-5-12)7-6-16-20-14-8-11-10-18-22-13(11)9-15(14)21-16/h1-10H,(H,19,23). The number of azo groups is 1. The molecular formula is C17H11N5O. The highest BCUT2D eigenvalue weighted by Crippen LogP contribution is 2.16. The number of carbonyl (C=O) groups excluding carboxylic acids is 1. The van der Waals surface area contributed by atoms with E-state index in [4.69, 9.17) is 0 Å². The number of nitrogens with zero attached hydrogens (tertiary/aromatic N) is 4. The highest BCUT2D eigenvalue weighted by Gasteiger charge is 2.10. The van der Waals surface area contributed by atoms with Crippen molar-refractivity contribution in [2.75, 3.05) is 5.32 Å². The predicted molar refractivity (Wildman–Crippen MR) is 87.5 cm³/mol. The van der Waals surface area contributed by atoms with Gasteiger partial charge in [-0.05, 0) is 30.3 Å². The van der Waals surface area contributed by atoms with Crippen LogP contribution in [0.2, 0.25) is 0 Å². The van der Waals surface area contributed by atoms with Crippen LogP contribution in [0.25, 0.3) is 6.20 Å². The van der Waals surface area contributed by atoms with Crippen molar-refractivity contribution in [3.63, 3.8) is 0 Å². The van der Waals surface area contributed by atoms with Crippen LogP contribution < -0.4 is 15.9 Å².